The van der Waals surface area contributed by atoms with Crippen LogP contribution in [-0.2, 0) is 0 Å². The van der Waals surface area contributed by atoms with Gasteiger partial charge in [0.2, 0.25) is 0 Å². The molecule has 2 fully saturated rings. The molecule has 4 heteroatoms. The molecule has 0 N–H and O–H groups in total. The smallest absolute Gasteiger partial charge is 0.259 e. The number of carbonyl (C=O) groups is 1. The van der Waals surface area contributed by atoms with Crippen LogP contribution in [0, 0.1) is 6.92 Å². The van der Waals surface area contributed by atoms with E-state index < -0.39 is 0 Å². The number of rotatable bonds is 1. The summed E-state index contributed by atoms with van der Waals surface area (Å²) < 4.78 is 4.94. The first-order chi connectivity index (χ1) is 8.25. The number of amides is 1. The van der Waals surface area contributed by atoms with Gasteiger partial charge in [-0.05, 0) is 32.6 Å². The van der Waals surface area contributed by atoms with E-state index in [9.17, 15) is 4.79 Å². The molecular weight excluding hydrogens is 216 g/mol. The number of hydrogen-bond donors (Lipinski definition) is 0. The largest absolute Gasteiger partial charge is 0.361 e. The zero-order chi connectivity index (χ0) is 11.8. The van der Waals surface area contributed by atoms with Gasteiger partial charge in [-0.3, -0.25) is 4.79 Å². The van der Waals surface area contributed by atoms with Crippen molar-refractivity contribution in [1.29, 1.82) is 0 Å². The first-order valence-electron chi connectivity index (χ1n) is 6.16. The van der Waals surface area contributed by atoms with Gasteiger partial charge >= 0.3 is 0 Å². The Labute approximate surface area is 100 Å². The van der Waals surface area contributed by atoms with Crippen molar-refractivity contribution in [3.63, 3.8) is 0 Å². The van der Waals surface area contributed by atoms with Crippen LogP contribution in [0.3, 0.4) is 0 Å². The van der Waals surface area contributed by atoms with Crippen molar-refractivity contribution < 1.29 is 9.32 Å². The summed E-state index contributed by atoms with van der Waals surface area (Å²) in [5.41, 5.74) is 3.84. The SMILES string of the molecule is Cc1oncc1C(=O)N1CCC(=C2CC2)CC1. The molecule has 1 saturated carbocycles. The zero-order valence-electron chi connectivity index (χ0n) is 10.0. The van der Waals surface area contributed by atoms with Crippen molar-refractivity contribution in [2.45, 2.75) is 32.6 Å². The maximum absolute atomic E-state index is 12.2. The van der Waals surface area contributed by atoms with Crippen molar-refractivity contribution in [3.05, 3.63) is 28.7 Å². The van der Waals surface area contributed by atoms with Crippen LogP contribution in [0.25, 0.3) is 0 Å². The van der Waals surface area contributed by atoms with Crippen molar-refractivity contribution >= 4 is 5.91 Å². The third-order valence-electron chi connectivity index (χ3n) is 3.64. The second-order valence-electron chi connectivity index (χ2n) is 4.79. The van der Waals surface area contributed by atoms with Crippen LogP contribution in [0.1, 0.15) is 41.8 Å². The average Bonchev–Trinajstić information content (AvgIpc) is 3.12. The van der Waals surface area contributed by atoms with Gasteiger partial charge in [-0.15, -0.1) is 0 Å². The van der Waals surface area contributed by atoms with Gasteiger partial charge < -0.3 is 9.42 Å². The Balaban J connectivity index is 1.69. The molecule has 0 aromatic carbocycles. The molecule has 1 saturated heterocycles. The van der Waals surface area contributed by atoms with Crippen molar-refractivity contribution in [2.75, 3.05) is 13.1 Å². The lowest BCUT2D eigenvalue weighted by Crippen LogP contribution is -2.36. The molecule has 2 aliphatic rings. The molecule has 90 valence electrons. The van der Waals surface area contributed by atoms with E-state index in [0.29, 0.717) is 11.3 Å². The summed E-state index contributed by atoms with van der Waals surface area (Å²) in [7, 11) is 0. The topological polar surface area (TPSA) is 46.3 Å². The number of likely N-dealkylation sites (tertiary alicyclic amines) is 1. The summed E-state index contributed by atoms with van der Waals surface area (Å²) in [5.74, 6) is 0.671. The third-order valence-corrected chi connectivity index (χ3v) is 3.64. The Morgan fingerprint density at radius 3 is 2.41 bits per heavy atom. The van der Waals surface area contributed by atoms with E-state index in [2.05, 4.69) is 5.16 Å². The number of hydrogen-bond acceptors (Lipinski definition) is 3. The second-order valence-corrected chi connectivity index (χ2v) is 4.79. The Morgan fingerprint density at radius 1 is 1.24 bits per heavy atom. The quantitative estimate of drug-likeness (QED) is 0.698. The van der Waals surface area contributed by atoms with E-state index in [1.165, 1.54) is 19.0 Å². The summed E-state index contributed by atoms with van der Waals surface area (Å²) in [6.07, 6.45) is 6.19. The summed E-state index contributed by atoms with van der Waals surface area (Å²) >= 11 is 0. The molecule has 1 aliphatic heterocycles. The molecule has 0 unspecified atom stereocenters. The van der Waals surface area contributed by atoms with Gasteiger partial charge in [0.1, 0.15) is 11.3 Å². The minimum absolute atomic E-state index is 0.0589. The molecular formula is C13H16N2O2. The molecule has 0 bridgehead atoms. The Kier molecular flexibility index (Phi) is 2.50. The predicted molar refractivity (Wildman–Crippen MR) is 62.6 cm³/mol. The standard InChI is InChI=1S/C13H16N2O2/c1-9-12(8-14-17-9)13(16)15-6-4-11(5-7-15)10-2-3-10/h8H,2-7H2,1H3. The molecule has 1 aromatic rings. The lowest BCUT2D eigenvalue weighted by molar-refractivity contribution is 0.0741. The Hall–Kier alpha value is -1.58. The fraction of sp³-hybridized carbons (Fsp3) is 0.538. The van der Waals surface area contributed by atoms with E-state index in [0.717, 1.165) is 25.9 Å². The number of carbonyl (C=O) groups excluding carboxylic acids is 1. The van der Waals surface area contributed by atoms with Gasteiger partial charge in [0.05, 0.1) is 6.20 Å². The summed E-state index contributed by atoms with van der Waals surface area (Å²) in [5, 5.41) is 3.66. The summed E-state index contributed by atoms with van der Waals surface area (Å²) in [6, 6.07) is 0. The molecule has 4 nitrogen and oxygen atoms in total. The molecule has 1 aromatic heterocycles. The maximum Gasteiger partial charge on any atom is 0.259 e. The van der Waals surface area contributed by atoms with Crippen LogP contribution in [0.4, 0.5) is 0 Å². The number of aromatic nitrogens is 1. The average molecular weight is 232 g/mol. The molecule has 0 atom stereocenters. The van der Waals surface area contributed by atoms with Crippen molar-refractivity contribution in [1.82, 2.24) is 10.1 Å². The van der Waals surface area contributed by atoms with E-state index >= 15 is 0 Å². The molecule has 3 rings (SSSR count). The van der Waals surface area contributed by atoms with Crippen LogP contribution in [0.5, 0.6) is 0 Å². The molecule has 1 amide bonds. The maximum atomic E-state index is 12.2. The minimum Gasteiger partial charge on any atom is -0.361 e. The monoisotopic (exact) mass is 232 g/mol. The summed E-state index contributed by atoms with van der Waals surface area (Å²) in [4.78, 5) is 14.1. The zero-order valence-corrected chi connectivity index (χ0v) is 10.0. The van der Waals surface area contributed by atoms with Gasteiger partial charge in [0.25, 0.3) is 5.91 Å². The van der Waals surface area contributed by atoms with E-state index in [-0.39, 0.29) is 5.91 Å². The van der Waals surface area contributed by atoms with Crippen LogP contribution < -0.4 is 0 Å². The van der Waals surface area contributed by atoms with E-state index in [1.54, 1.807) is 18.1 Å². The number of nitrogens with zero attached hydrogens (tertiary/aromatic N) is 2. The van der Waals surface area contributed by atoms with Gasteiger partial charge in [0, 0.05) is 13.1 Å². The minimum atomic E-state index is 0.0589. The highest BCUT2D eigenvalue weighted by Gasteiger charge is 2.26. The van der Waals surface area contributed by atoms with Gasteiger partial charge in [-0.1, -0.05) is 16.3 Å². The van der Waals surface area contributed by atoms with Crippen LogP contribution in [0.15, 0.2) is 21.9 Å². The number of piperidine rings is 1. The lowest BCUT2D eigenvalue weighted by atomic mass is 10.0. The van der Waals surface area contributed by atoms with Crippen LogP contribution >= 0.6 is 0 Å². The Morgan fingerprint density at radius 2 is 1.88 bits per heavy atom. The Bertz CT molecular complexity index is 471. The predicted octanol–water partition coefficient (Wildman–Crippen LogP) is 2.31. The first-order valence-corrected chi connectivity index (χ1v) is 6.16. The fourth-order valence-electron chi connectivity index (χ4n) is 2.42. The van der Waals surface area contributed by atoms with Crippen molar-refractivity contribution in [3.8, 4) is 0 Å². The molecule has 17 heavy (non-hydrogen) atoms. The third kappa shape index (κ3) is 1.99. The highest BCUT2D eigenvalue weighted by atomic mass is 16.5. The van der Waals surface area contributed by atoms with Gasteiger partial charge in [0.15, 0.2) is 0 Å². The lowest BCUT2D eigenvalue weighted by Gasteiger charge is -2.28. The molecule has 0 radical (unpaired) electrons. The van der Waals surface area contributed by atoms with E-state index in [4.69, 9.17) is 4.52 Å². The van der Waals surface area contributed by atoms with Crippen LogP contribution in [-0.4, -0.2) is 29.1 Å². The van der Waals surface area contributed by atoms with Crippen LogP contribution in [0.2, 0.25) is 0 Å². The second kappa shape index (κ2) is 4.02. The highest BCUT2D eigenvalue weighted by molar-refractivity contribution is 5.94. The first kappa shape index (κ1) is 10.6. The molecule has 0 spiro atoms. The summed E-state index contributed by atoms with van der Waals surface area (Å²) in [6.45, 7) is 3.45. The van der Waals surface area contributed by atoms with Gasteiger partial charge in [-0.2, -0.15) is 0 Å². The number of allylic oxidation sites excluding steroid dienone is 1. The van der Waals surface area contributed by atoms with Crippen molar-refractivity contribution in [2.24, 2.45) is 0 Å². The highest BCUT2D eigenvalue weighted by Crippen LogP contribution is 2.36. The normalized spacial score (nSPS) is 19.7. The molecule has 2 heterocycles. The molecule has 1 aliphatic carbocycles. The number of aryl methyl sites for hydroxylation is 1. The van der Waals surface area contributed by atoms with Gasteiger partial charge in [-0.25, -0.2) is 0 Å². The fourth-order valence-corrected chi connectivity index (χ4v) is 2.42. The van der Waals surface area contributed by atoms with E-state index in [1.807, 2.05) is 4.90 Å².